The molecular formula is C19H24N6O2S. The van der Waals surface area contributed by atoms with Gasteiger partial charge in [0.1, 0.15) is 16.6 Å². The summed E-state index contributed by atoms with van der Waals surface area (Å²) in [4.78, 5) is 23.7. The number of nitrogen functional groups attached to an aromatic ring is 1. The van der Waals surface area contributed by atoms with E-state index in [-0.39, 0.29) is 17.9 Å². The summed E-state index contributed by atoms with van der Waals surface area (Å²) in [5.74, 6) is 1.69. The first-order chi connectivity index (χ1) is 13.5. The summed E-state index contributed by atoms with van der Waals surface area (Å²) in [5, 5.41) is 3.44. The Labute approximate surface area is 168 Å². The van der Waals surface area contributed by atoms with E-state index in [9.17, 15) is 4.79 Å². The third kappa shape index (κ3) is 3.85. The van der Waals surface area contributed by atoms with Gasteiger partial charge in [-0.05, 0) is 43.0 Å². The topological polar surface area (TPSA) is 119 Å². The van der Waals surface area contributed by atoms with Gasteiger partial charge >= 0.3 is 0 Å². The standard InChI is InChI=1S/C19H24N6O2S/c1-19(11-20)4-6-25(7-5-19)15-9-22-18(17(21)24-15)28-12-2-3-14-13(8-12)23-16(26)10-27-14/h2-3,8-9H,4-7,10-11,20H2,1H3,(H2,21,24)(H,23,26). The van der Waals surface area contributed by atoms with E-state index in [1.165, 1.54) is 11.8 Å². The third-order valence-corrected chi connectivity index (χ3v) is 6.33. The van der Waals surface area contributed by atoms with E-state index in [0.29, 0.717) is 28.8 Å². The summed E-state index contributed by atoms with van der Waals surface area (Å²) in [6.07, 6.45) is 3.84. The Morgan fingerprint density at radius 3 is 2.86 bits per heavy atom. The fourth-order valence-corrected chi connectivity index (χ4v) is 4.12. The van der Waals surface area contributed by atoms with Gasteiger partial charge in [0.25, 0.3) is 5.91 Å². The Kier molecular flexibility index (Phi) is 5.03. The lowest BCUT2D eigenvalue weighted by Gasteiger charge is -2.39. The zero-order valence-corrected chi connectivity index (χ0v) is 16.6. The number of amides is 1. The molecule has 9 heteroatoms. The third-order valence-electron chi connectivity index (χ3n) is 5.34. The SMILES string of the molecule is CC1(CN)CCN(c2cnc(Sc3ccc4c(c3)NC(=O)CO4)c(N)n2)CC1. The van der Waals surface area contributed by atoms with Gasteiger partial charge in [0.2, 0.25) is 0 Å². The minimum absolute atomic E-state index is 0.0420. The Balaban J connectivity index is 1.47. The first kappa shape index (κ1) is 18.8. The number of nitrogens with two attached hydrogens (primary N) is 2. The maximum Gasteiger partial charge on any atom is 0.262 e. The fourth-order valence-electron chi connectivity index (χ4n) is 3.33. The van der Waals surface area contributed by atoms with Crippen molar-refractivity contribution in [2.75, 3.05) is 42.2 Å². The van der Waals surface area contributed by atoms with E-state index in [1.807, 2.05) is 18.2 Å². The summed E-state index contributed by atoms with van der Waals surface area (Å²) in [5.41, 5.74) is 12.9. The largest absolute Gasteiger partial charge is 0.482 e. The van der Waals surface area contributed by atoms with Crippen LogP contribution in [0.25, 0.3) is 0 Å². The van der Waals surface area contributed by atoms with Gasteiger partial charge in [-0.25, -0.2) is 9.97 Å². The lowest BCUT2D eigenvalue weighted by molar-refractivity contribution is -0.118. The predicted molar refractivity (Wildman–Crippen MR) is 110 cm³/mol. The molecule has 1 aromatic carbocycles. The zero-order chi connectivity index (χ0) is 19.7. The highest BCUT2D eigenvalue weighted by molar-refractivity contribution is 7.99. The van der Waals surface area contributed by atoms with Crippen LogP contribution < -0.4 is 26.4 Å². The van der Waals surface area contributed by atoms with Crippen molar-refractivity contribution in [3.8, 4) is 5.75 Å². The van der Waals surface area contributed by atoms with Crippen molar-refractivity contribution >= 4 is 35.0 Å². The first-order valence-corrected chi connectivity index (χ1v) is 10.1. The fraction of sp³-hybridized carbons (Fsp3) is 0.421. The summed E-state index contributed by atoms with van der Waals surface area (Å²) in [6.45, 7) is 4.78. The van der Waals surface area contributed by atoms with Crippen LogP contribution >= 0.6 is 11.8 Å². The van der Waals surface area contributed by atoms with Crippen LogP contribution in [0.2, 0.25) is 0 Å². The second-order valence-corrected chi connectivity index (χ2v) is 8.58. The van der Waals surface area contributed by atoms with Crippen LogP contribution in [0.3, 0.4) is 0 Å². The molecule has 0 unspecified atom stereocenters. The second-order valence-electron chi connectivity index (χ2n) is 7.52. The number of hydrogen-bond donors (Lipinski definition) is 3. The maximum absolute atomic E-state index is 11.5. The molecule has 2 aromatic rings. The number of aromatic nitrogens is 2. The molecule has 28 heavy (non-hydrogen) atoms. The monoisotopic (exact) mass is 400 g/mol. The number of rotatable bonds is 4. The Morgan fingerprint density at radius 1 is 1.36 bits per heavy atom. The van der Waals surface area contributed by atoms with E-state index in [1.54, 1.807) is 6.20 Å². The number of carbonyl (C=O) groups excluding carboxylic acids is 1. The number of piperidine rings is 1. The smallest absolute Gasteiger partial charge is 0.262 e. The minimum Gasteiger partial charge on any atom is -0.482 e. The molecule has 8 nitrogen and oxygen atoms in total. The molecule has 148 valence electrons. The van der Waals surface area contributed by atoms with Crippen molar-refractivity contribution in [1.82, 2.24) is 9.97 Å². The van der Waals surface area contributed by atoms with Crippen molar-refractivity contribution in [2.24, 2.45) is 11.1 Å². The van der Waals surface area contributed by atoms with Crippen molar-refractivity contribution in [3.63, 3.8) is 0 Å². The minimum atomic E-state index is -0.162. The van der Waals surface area contributed by atoms with Crippen molar-refractivity contribution in [3.05, 3.63) is 24.4 Å². The molecule has 1 saturated heterocycles. The molecule has 0 bridgehead atoms. The lowest BCUT2D eigenvalue weighted by atomic mass is 9.80. The van der Waals surface area contributed by atoms with Crippen LogP contribution in [-0.4, -0.2) is 42.1 Å². The number of ether oxygens (including phenoxy) is 1. The molecule has 0 aliphatic carbocycles. The van der Waals surface area contributed by atoms with Crippen LogP contribution in [0.15, 0.2) is 34.3 Å². The van der Waals surface area contributed by atoms with Crippen LogP contribution in [0, 0.1) is 5.41 Å². The molecule has 1 amide bonds. The van der Waals surface area contributed by atoms with Crippen LogP contribution in [-0.2, 0) is 4.79 Å². The van der Waals surface area contributed by atoms with Crippen LogP contribution in [0.4, 0.5) is 17.3 Å². The highest BCUT2D eigenvalue weighted by atomic mass is 32.2. The number of nitrogens with zero attached hydrogens (tertiary/aromatic N) is 3. The van der Waals surface area contributed by atoms with Gasteiger partial charge in [0.15, 0.2) is 12.4 Å². The molecule has 4 rings (SSSR count). The van der Waals surface area contributed by atoms with Crippen LogP contribution in [0.1, 0.15) is 19.8 Å². The quantitative estimate of drug-likeness (QED) is 0.714. The maximum atomic E-state index is 11.5. The van der Waals surface area contributed by atoms with Crippen molar-refractivity contribution < 1.29 is 9.53 Å². The Hall–Kier alpha value is -2.52. The van der Waals surface area contributed by atoms with E-state index in [2.05, 4.69) is 27.1 Å². The summed E-state index contributed by atoms with van der Waals surface area (Å²) in [7, 11) is 0. The van der Waals surface area contributed by atoms with E-state index in [4.69, 9.17) is 16.2 Å². The van der Waals surface area contributed by atoms with E-state index < -0.39 is 0 Å². The average molecular weight is 401 g/mol. The molecule has 1 aromatic heterocycles. The van der Waals surface area contributed by atoms with Gasteiger partial charge in [0.05, 0.1) is 11.9 Å². The van der Waals surface area contributed by atoms with Gasteiger partial charge in [-0.3, -0.25) is 4.79 Å². The number of nitrogens with one attached hydrogen (secondary N) is 1. The van der Waals surface area contributed by atoms with Gasteiger partial charge in [-0.15, -0.1) is 0 Å². The average Bonchev–Trinajstić information content (AvgIpc) is 2.70. The van der Waals surface area contributed by atoms with E-state index >= 15 is 0 Å². The first-order valence-electron chi connectivity index (χ1n) is 9.28. The number of fused-ring (bicyclic) bond motifs is 1. The highest BCUT2D eigenvalue weighted by Gasteiger charge is 2.29. The number of hydrogen-bond acceptors (Lipinski definition) is 8. The lowest BCUT2D eigenvalue weighted by Crippen LogP contribution is -2.42. The Bertz CT molecular complexity index is 898. The van der Waals surface area contributed by atoms with Crippen LogP contribution in [0.5, 0.6) is 5.75 Å². The van der Waals surface area contributed by atoms with Gasteiger partial charge in [-0.1, -0.05) is 18.7 Å². The van der Waals surface area contributed by atoms with Gasteiger partial charge in [-0.2, -0.15) is 0 Å². The Morgan fingerprint density at radius 2 is 2.14 bits per heavy atom. The number of carbonyl (C=O) groups is 1. The normalized spacial score (nSPS) is 18.2. The molecule has 2 aliphatic heterocycles. The molecule has 2 aliphatic rings. The zero-order valence-electron chi connectivity index (χ0n) is 15.8. The highest BCUT2D eigenvalue weighted by Crippen LogP contribution is 2.37. The van der Waals surface area contributed by atoms with Crippen molar-refractivity contribution in [2.45, 2.75) is 29.7 Å². The number of benzene rings is 1. The molecule has 0 radical (unpaired) electrons. The molecule has 3 heterocycles. The van der Waals surface area contributed by atoms with Crippen molar-refractivity contribution in [1.29, 1.82) is 0 Å². The molecule has 5 N–H and O–H groups in total. The molecule has 0 saturated carbocycles. The second kappa shape index (κ2) is 7.48. The molecule has 0 atom stereocenters. The number of anilines is 3. The predicted octanol–water partition coefficient (Wildman–Crippen LogP) is 2.11. The van der Waals surface area contributed by atoms with Gasteiger partial charge < -0.3 is 26.4 Å². The summed E-state index contributed by atoms with van der Waals surface area (Å²) in [6, 6.07) is 5.59. The van der Waals surface area contributed by atoms with E-state index in [0.717, 1.165) is 36.6 Å². The van der Waals surface area contributed by atoms with Gasteiger partial charge in [0, 0.05) is 18.0 Å². The summed E-state index contributed by atoms with van der Waals surface area (Å²) >= 11 is 1.41. The molecule has 0 spiro atoms. The summed E-state index contributed by atoms with van der Waals surface area (Å²) < 4.78 is 5.38. The molecule has 1 fully saturated rings. The molecular weight excluding hydrogens is 376 g/mol.